The number of benzene rings is 6. The lowest BCUT2D eigenvalue weighted by Crippen LogP contribution is -2.48. The first-order valence-electron chi connectivity index (χ1n) is 20.2. The molecule has 0 amide bonds. The molecule has 0 aromatic heterocycles. The van der Waals surface area contributed by atoms with Crippen molar-refractivity contribution < 1.29 is 23.7 Å². The van der Waals surface area contributed by atoms with Crippen LogP contribution in [0.15, 0.2) is 158 Å². The lowest BCUT2D eigenvalue weighted by molar-refractivity contribution is -0.0840. The van der Waals surface area contributed by atoms with Crippen LogP contribution in [0.3, 0.4) is 0 Å². The van der Waals surface area contributed by atoms with Crippen LogP contribution in [0.5, 0.6) is 23.0 Å². The van der Waals surface area contributed by atoms with Crippen LogP contribution in [0.25, 0.3) is 0 Å². The first-order chi connectivity index (χ1) is 27.8. The van der Waals surface area contributed by atoms with Gasteiger partial charge in [0.05, 0.1) is 25.4 Å². The maximum atomic E-state index is 7.82. The minimum atomic E-state index is -0.338. The van der Waals surface area contributed by atoms with E-state index in [-0.39, 0.29) is 23.0 Å². The Hall–Kier alpha value is -5.20. The number of ether oxygens (including phenoxy) is 5. The number of hydrogen-bond donors (Lipinski definition) is 0. The van der Waals surface area contributed by atoms with Crippen LogP contribution in [0.2, 0.25) is 0 Å². The molecule has 0 radical (unpaired) electrons. The van der Waals surface area contributed by atoms with Crippen molar-refractivity contribution in [1.29, 1.82) is 0 Å². The second-order valence-corrected chi connectivity index (χ2v) is 15.4. The van der Waals surface area contributed by atoms with E-state index in [1.54, 1.807) is 14.2 Å². The molecule has 0 aliphatic heterocycles. The molecule has 296 valence electrons. The molecule has 0 saturated heterocycles. The molecule has 4 unspecified atom stereocenters. The zero-order chi connectivity index (χ0) is 40.1. The third-order valence-corrected chi connectivity index (χ3v) is 11.7. The van der Waals surface area contributed by atoms with Crippen LogP contribution >= 0.6 is 0 Å². The third kappa shape index (κ3) is 10.6. The fraction of sp³-hybridized carbons (Fsp3) is 0.308. The minimum Gasteiger partial charge on any atom is -0.457 e. The largest absolute Gasteiger partial charge is 0.457 e. The Balaban J connectivity index is 1.43. The van der Waals surface area contributed by atoms with Crippen molar-refractivity contribution in [2.75, 3.05) is 14.2 Å². The summed E-state index contributed by atoms with van der Waals surface area (Å²) < 4.78 is 31.4. The summed E-state index contributed by atoms with van der Waals surface area (Å²) in [7, 11) is 3.48. The van der Waals surface area contributed by atoms with Gasteiger partial charge in [0.1, 0.15) is 23.0 Å². The fourth-order valence-electron chi connectivity index (χ4n) is 7.73. The lowest BCUT2D eigenvalue weighted by atomic mass is 9.70. The highest BCUT2D eigenvalue weighted by atomic mass is 16.5. The van der Waals surface area contributed by atoms with E-state index in [2.05, 4.69) is 113 Å². The van der Waals surface area contributed by atoms with Crippen LogP contribution < -0.4 is 9.47 Å². The van der Waals surface area contributed by atoms with Gasteiger partial charge < -0.3 is 23.7 Å². The summed E-state index contributed by atoms with van der Waals surface area (Å²) in [5.41, 5.74) is 6.41. The highest BCUT2D eigenvalue weighted by Gasteiger charge is 2.42. The molecule has 0 fully saturated rings. The molecule has 6 aromatic rings. The van der Waals surface area contributed by atoms with Gasteiger partial charge in [-0.05, 0) is 108 Å². The zero-order valence-corrected chi connectivity index (χ0v) is 34.4. The number of hydrogen-bond acceptors (Lipinski definition) is 5. The monoisotopic (exact) mass is 762 g/mol. The molecule has 6 rings (SSSR count). The van der Waals surface area contributed by atoms with Crippen LogP contribution in [0.4, 0.5) is 0 Å². The summed E-state index contributed by atoms with van der Waals surface area (Å²) in [6, 6.07) is 54.6. The summed E-state index contributed by atoms with van der Waals surface area (Å²) >= 11 is 0. The maximum Gasteiger partial charge on any atom is 0.127 e. The lowest BCUT2D eigenvalue weighted by Gasteiger charge is -2.45. The Bertz CT molecular complexity index is 1950. The first-order valence-corrected chi connectivity index (χ1v) is 20.2. The molecule has 0 spiro atoms. The van der Waals surface area contributed by atoms with Crippen molar-refractivity contribution in [3.63, 3.8) is 0 Å². The highest BCUT2D eigenvalue weighted by Crippen LogP contribution is 2.42. The predicted octanol–water partition coefficient (Wildman–Crippen LogP) is 12.8. The van der Waals surface area contributed by atoms with E-state index in [9.17, 15) is 0 Å². The molecular formula is C52H58O5. The molecule has 5 nitrogen and oxygen atoms in total. The topological polar surface area (TPSA) is 46.2 Å². The van der Waals surface area contributed by atoms with E-state index in [0.717, 1.165) is 58.1 Å². The average Bonchev–Trinajstić information content (AvgIpc) is 3.24. The van der Waals surface area contributed by atoms with Crippen LogP contribution in [-0.4, -0.2) is 26.4 Å². The zero-order valence-electron chi connectivity index (χ0n) is 34.4. The highest BCUT2D eigenvalue weighted by molar-refractivity contribution is 5.38. The van der Waals surface area contributed by atoms with Crippen molar-refractivity contribution in [2.45, 2.75) is 89.6 Å². The quantitative estimate of drug-likeness (QED) is 0.0775. The van der Waals surface area contributed by atoms with E-state index in [1.165, 1.54) is 11.1 Å². The van der Waals surface area contributed by atoms with Gasteiger partial charge in [-0.15, -0.1) is 0 Å². The van der Waals surface area contributed by atoms with Gasteiger partial charge in [-0.2, -0.15) is 0 Å². The molecule has 6 aromatic carbocycles. The van der Waals surface area contributed by atoms with Crippen molar-refractivity contribution >= 4 is 0 Å². The molecule has 0 bridgehead atoms. The van der Waals surface area contributed by atoms with Gasteiger partial charge in [0.25, 0.3) is 0 Å². The molecule has 0 aliphatic carbocycles. The summed E-state index contributed by atoms with van der Waals surface area (Å²) in [4.78, 5) is 0. The number of para-hydroxylation sites is 2. The van der Waals surface area contributed by atoms with Gasteiger partial charge >= 0.3 is 0 Å². The molecule has 0 N–H and O–H groups in total. The normalized spacial score (nSPS) is 14.6. The van der Waals surface area contributed by atoms with E-state index >= 15 is 0 Å². The van der Waals surface area contributed by atoms with Crippen molar-refractivity contribution in [1.82, 2.24) is 0 Å². The maximum absolute atomic E-state index is 7.82. The Morgan fingerprint density at radius 1 is 0.421 bits per heavy atom. The van der Waals surface area contributed by atoms with E-state index in [0.29, 0.717) is 26.1 Å². The second kappa shape index (κ2) is 19.8. The first kappa shape index (κ1) is 41.4. The van der Waals surface area contributed by atoms with E-state index < -0.39 is 0 Å². The molecule has 5 heteroatoms. The third-order valence-electron chi connectivity index (χ3n) is 11.7. The molecule has 0 heterocycles. The predicted molar refractivity (Wildman–Crippen MR) is 232 cm³/mol. The van der Waals surface area contributed by atoms with Gasteiger partial charge in [0.2, 0.25) is 0 Å². The Kier molecular flexibility index (Phi) is 14.4. The van der Waals surface area contributed by atoms with Gasteiger partial charge in [-0.25, -0.2) is 0 Å². The van der Waals surface area contributed by atoms with E-state index in [4.69, 9.17) is 23.7 Å². The van der Waals surface area contributed by atoms with Crippen molar-refractivity contribution in [2.24, 2.45) is 0 Å². The van der Waals surface area contributed by atoms with Gasteiger partial charge in [-0.3, -0.25) is 0 Å². The van der Waals surface area contributed by atoms with Crippen LogP contribution in [0.1, 0.15) is 73.9 Å². The SMILES string of the molecule is CCC(C)(c1ccc(COC)cc1)C(Cc1cccc(Oc2ccccc2)c1)OC(Cc1cccc(Oc2ccccc2)c1)C(C)(CC)c1ccc(COC)cc1. The molecule has 4 atom stereocenters. The summed E-state index contributed by atoms with van der Waals surface area (Å²) in [6.07, 6.45) is 2.74. The van der Waals surface area contributed by atoms with Gasteiger partial charge in [0, 0.05) is 25.0 Å². The van der Waals surface area contributed by atoms with Gasteiger partial charge in [0.15, 0.2) is 0 Å². The van der Waals surface area contributed by atoms with Crippen LogP contribution in [-0.2, 0) is 51.1 Å². The van der Waals surface area contributed by atoms with Gasteiger partial charge in [-0.1, -0.05) is 137 Å². The standard InChI is InChI=1S/C52H58O5/c1-7-51(3,43-29-25-39(26-30-43)37-53-5)49(35-41-17-15-23-47(33-41)55-45-19-11-9-12-20-45)57-50(52(4,8-2)44-31-27-40(28-32-44)38-54-6)36-42-18-16-24-48(34-42)56-46-21-13-10-14-22-46/h9-34,49-50H,7-8,35-38H2,1-6H3. The molecular weight excluding hydrogens is 705 g/mol. The summed E-state index contributed by atoms with van der Waals surface area (Å²) in [5, 5.41) is 0. The number of methoxy groups -OCH3 is 2. The molecule has 0 saturated carbocycles. The van der Waals surface area contributed by atoms with E-state index in [1.807, 2.05) is 72.8 Å². The molecule has 0 aliphatic rings. The summed E-state index contributed by atoms with van der Waals surface area (Å²) in [5.74, 6) is 3.23. The Morgan fingerprint density at radius 2 is 0.789 bits per heavy atom. The van der Waals surface area contributed by atoms with Crippen LogP contribution in [0, 0.1) is 0 Å². The minimum absolute atomic E-state index is 0.199. The number of rotatable bonds is 20. The average molecular weight is 763 g/mol. The van der Waals surface area contributed by atoms with Crippen molar-refractivity contribution in [3.8, 4) is 23.0 Å². The second-order valence-electron chi connectivity index (χ2n) is 15.4. The Morgan fingerprint density at radius 3 is 1.14 bits per heavy atom. The fourth-order valence-corrected chi connectivity index (χ4v) is 7.73. The molecule has 57 heavy (non-hydrogen) atoms. The summed E-state index contributed by atoms with van der Waals surface area (Å²) in [6.45, 7) is 10.4. The van der Waals surface area contributed by atoms with Crippen molar-refractivity contribution in [3.05, 3.63) is 191 Å². The smallest absolute Gasteiger partial charge is 0.127 e. The Labute approximate surface area is 340 Å².